The molecule has 0 spiro atoms. The lowest BCUT2D eigenvalue weighted by atomic mass is 10.0. The molecule has 0 heterocycles. The van der Waals surface area contributed by atoms with Crippen LogP contribution < -0.4 is 0 Å². The summed E-state index contributed by atoms with van der Waals surface area (Å²) in [5, 5.41) is 0. The largest absolute Gasteiger partial charge is 0.103 e. The minimum atomic E-state index is 1.06. The molecule has 0 aliphatic carbocycles. The fraction of sp³-hybridized carbons (Fsp3) is 0.238. The van der Waals surface area contributed by atoms with E-state index in [0.29, 0.717) is 0 Å². The molecule has 0 radical (unpaired) electrons. The van der Waals surface area contributed by atoms with Gasteiger partial charge in [0.2, 0.25) is 0 Å². The summed E-state index contributed by atoms with van der Waals surface area (Å²) in [7, 11) is 0. The highest BCUT2D eigenvalue weighted by molar-refractivity contribution is 5.43. The van der Waals surface area contributed by atoms with Crippen LogP contribution in [-0.4, -0.2) is 0 Å². The Hall–Kier alpha value is -2.26. The summed E-state index contributed by atoms with van der Waals surface area (Å²) in [6.45, 7) is 5.84. The summed E-state index contributed by atoms with van der Waals surface area (Å²) in [4.78, 5) is 0. The van der Waals surface area contributed by atoms with Gasteiger partial charge in [0.25, 0.3) is 0 Å². The highest BCUT2D eigenvalue weighted by atomic mass is 14.0. The Balaban J connectivity index is 1.93. The van der Waals surface area contributed by atoms with E-state index in [0.717, 1.165) is 24.0 Å². The van der Waals surface area contributed by atoms with E-state index < -0.39 is 0 Å². The molecule has 0 aromatic heterocycles. The molecule has 0 amide bonds. The molecule has 0 atom stereocenters. The first kappa shape index (κ1) is 15.1. The van der Waals surface area contributed by atoms with Gasteiger partial charge in [0.1, 0.15) is 0 Å². The third kappa shape index (κ3) is 5.32. The minimum absolute atomic E-state index is 1.06. The number of unbranched alkanes of at least 4 members (excludes halogenated alkanes) is 2. The first-order chi connectivity index (χ1) is 10.3. The van der Waals surface area contributed by atoms with E-state index in [4.69, 9.17) is 0 Å². The van der Waals surface area contributed by atoms with Crippen molar-refractivity contribution in [2.45, 2.75) is 32.6 Å². The molecule has 0 unspecified atom stereocenters. The smallest absolute Gasteiger partial charge is 0.0249 e. The summed E-state index contributed by atoms with van der Waals surface area (Å²) in [5.74, 6) is 6.43. The number of aryl methyl sites for hydroxylation is 2. The van der Waals surface area contributed by atoms with Crippen molar-refractivity contribution in [3.05, 3.63) is 83.4 Å². The van der Waals surface area contributed by atoms with Crippen molar-refractivity contribution in [2.24, 2.45) is 0 Å². The van der Waals surface area contributed by atoms with E-state index in [1.165, 1.54) is 24.0 Å². The van der Waals surface area contributed by atoms with Gasteiger partial charge in [-0.05, 0) is 62.4 Å². The maximum absolute atomic E-state index is 3.75. The number of rotatable bonds is 5. The molecule has 0 aliphatic heterocycles. The molecular formula is C21H22. The molecule has 0 saturated heterocycles. The van der Waals surface area contributed by atoms with Crippen molar-refractivity contribution in [1.29, 1.82) is 0 Å². The number of benzene rings is 2. The molecule has 0 N–H and O–H groups in total. The van der Waals surface area contributed by atoms with Crippen molar-refractivity contribution in [2.75, 3.05) is 0 Å². The molecular weight excluding hydrogens is 252 g/mol. The fourth-order valence-corrected chi connectivity index (χ4v) is 2.15. The van der Waals surface area contributed by atoms with Crippen molar-refractivity contribution < 1.29 is 0 Å². The van der Waals surface area contributed by atoms with Crippen molar-refractivity contribution in [3.63, 3.8) is 0 Å². The van der Waals surface area contributed by atoms with Crippen LogP contribution in [0.1, 0.15) is 41.5 Å². The van der Waals surface area contributed by atoms with Crippen LogP contribution in [-0.2, 0) is 6.42 Å². The van der Waals surface area contributed by atoms with Gasteiger partial charge in [0.05, 0.1) is 0 Å². The topological polar surface area (TPSA) is 0 Å². The third-order valence-corrected chi connectivity index (χ3v) is 3.48. The quantitative estimate of drug-likeness (QED) is 0.394. The van der Waals surface area contributed by atoms with Gasteiger partial charge in [-0.15, -0.1) is 6.58 Å². The minimum Gasteiger partial charge on any atom is -0.103 e. The van der Waals surface area contributed by atoms with E-state index in [1.807, 2.05) is 6.08 Å². The highest BCUT2D eigenvalue weighted by Gasteiger charge is 1.94. The average Bonchev–Trinajstić information content (AvgIpc) is 2.52. The molecule has 0 heteroatoms. The maximum atomic E-state index is 3.75. The van der Waals surface area contributed by atoms with Crippen molar-refractivity contribution >= 4 is 0 Å². The monoisotopic (exact) mass is 274 g/mol. The predicted octanol–water partition coefficient (Wildman–Crippen LogP) is 5.29. The van der Waals surface area contributed by atoms with Crippen LogP contribution >= 0.6 is 0 Å². The Labute approximate surface area is 128 Å². The Bertz CT molecular complexity index is 618. The van der Waals surface area contributed by atoms with E-state index in [2.05, 4.69) is 73.9 Å². The average molecular weight is 274 g/mol. The lowest BCUT2D eigenvalue weighted by molar-refractivity contribution is 0.748. The van der Waals surface area contributed by atoms with Gasteiger partial charge in [-0.2, -0.15) is 0 Å². The van der Waals surface area contributed by atoms with Crippen molar-refractivity contribution in [3.8, 4) is 11.8 Å². The molecule has 0 nitrogen and oxygen atoms in total. The molecule has 0 fully saturated rings. The normalized spacial score (nSPS) is 9.76. The summed E-state index contributed by atoms with van der Waals surface area (Å²) in [5.41, 5.74) is 4.79. The van der Waals surface area contributed by atoms with Crippen LogP contribution in [0.25, 0.3) is 0 Å². The fourth-order valence-electron chi connectivity index (χ4n) is 2.15. The Morgan fingerprint density at radius 1 is 0.857 bits per heavy atom. The van der Waals surface area contributed by atoms with Gasteiger partial charge in [-0.1, -0.05) is 47.7 Å². The number of allylic oxidation sites excluding steroid dienone is 1. The number of hydrogen-bond acceptors (Lipinski definition) is 0. The first-order valence-corrected chi connectivity index (χ1v) is 7.56. The van der Waals surface area contributed by atoms with Crippen LogP contribution in [0.5, 0.6) is 0 Å². The molecule has 0 aliphatic rings. The first-order valence-electron chi connectivity index (χ1n) is 7.56. The molecule has 2 aromatic carbocycles. The standard InChI is InChI=1S/C21H22/c1-3-4-5-6-7-19-12-14-21(15-13-19)17-16-20-10-8-18(2)9-11-20/h3,8-15H,1,4-7H2,2H3. The van der Waals surface area contributed by atoms with Crippen LogP contribution in [0.4, 0.5) is 0 Å². The second-order valence-corrected chi connectivity index (χ2v) is 5.35. The van der Waals surface area contributed by atoms with Gasteiger partial charge in [-0.3, -0.25) is 0 Å². The van der Waals surface area contributed by atoms with Gasteiger partial charge in [-0.25, -0.2) is 0 Å². The molecule has 0 saturated carbocycles. The lowest BCUT2D eigenvalue weighted by Crippen LogP contribution is -1.86. The van der Waals surface area contributed by atoms with Crippen molar-refractivity contribution in [1.82, 2.24) is 0 Å². The molecule has 2 rings (SSSR count). The molecule has 2 aromatic rings. The lowest BCUT2D eigenvalue weighted by Gasteiger charge is -2.00. The second kappa shape index (κ2) is 8.12. The van der Waals surface area contributed by atoms with Crippen LogP contribution in [0.3, 0.4) is 0 Å². The molecule has 106 valence electrons. The zero-order chi connectivity index (χ0) is 14.9. The zero-order valence-corrected chi connectivity index (χ0v) is 12.7. The Morgan fingerprint density at radius 2 is 1.43 bits per heavy atom. The zero-order valence-electron chi connectivity index (χ0n) is 12.7. The summed E-state index contributed by atoms with van der Waals surface area (Å²) in [6, 6.07) is 16.9. The van der Waals surface area contributed by atoms with Gasteiger partial charge >= 0.3 is 0 Å². The summed E-state index contributed by atoms with van der Waals surface area (Å²) >= 11 is 0. The Kier molecular flexibility index (Phi) is 5.85. The Morgan fingerprint density at radius 3 is 2.00 bits per heavy atom. The van der Waals surface area contributed by atoms with Gasteiger partial charge in [0.15, 0.2) is 0 Å². The summed E-state index contributed by atoms with van der Waals surface area (Å²) in [6.07, 6.45) is 6.68. The van der Waals surface area contributed by atoms with E-state index in [-0.39, 0.29) is 0 Å². The highest BCUT2D eigenvalue weighted by Crippen LogP contribution is 2.09. The van der Waals surface area contributed by atoms with Crippen LogP contribution in [0.2, 0.25) is 0 Å². The number of hydrogen-bond donors (Lipinski definition) is 0. The molecule has 21 heavy (non-hydrogen) atoms. The third-order valence-electron chi connectivity index (χ3n) is 3.48. The predicted molar refractivity (Wildman–Crippen MR) is 91.4 cm³/mol. The van der Waals surface area contributed by atoms with Gasteiger partial charge in [0, 0.05) is 11.1 Å². The van der Waals surface area contributed by atoms with Crippen LogP contribution in [0.15, 0.2) is 61.2 Å². The second-order valence-electron chi connectivity index (χ2n) is 5.35. The maximum Gasteiger partial charge on any atom is 0.0249 e. The SMILES string of the molecule is C=CCCCCc1ccc(C#Cc2ccc(C)cc2)cc1. The van der Waals surface area contributed by atoms with E-state index >= 15 is 0 Å². The summed E-state index contributed by atoms with van der Waals surface area (Å²) < 4.78 is 0. The van der Waals surface area contributed by atoms with Crippen LogP contribution in [0, 0.1) is 18.8 Å². The van der Waals surface area contributed by atoms with E-state index in [9.17, 15) is 0 Å². The van der Waals surface area contributed by atoms with E-state index in [1.54, 1.807) is 0 Å². The molecule has 0 bridgehead atoms. The van der Waals surface area contributed by atoms with Gasteiger partial charge < -0.3 is 0 Å².